The Bertz CT molecular complexity index is 176. The van der Waals surface area contributed by atoms with E-state index in [9.17, 15) is 0 Å². The van der Waals surface area contributed by atoms with Gasteiger partial charge in [0.25, 0.3) is 0 Å². The van der Waals surface area contributed by atoms with Crippen molar-refractivity contribution in [3.05, 3.63) is 0 Å². The van der Waals surface area contributed by atoms with E-state index in [4.69, 9.17) is 0 Å². The SMILES string of the molecule is CC1CCC(N(C)CCC(C)CCS)CC1. The van der Waals surface area contributed by atoms with E-state index in [2.05, 4.69) is 38.4 Å². The van der Waals surface area contributed by atoms with Gasteiger partial charge in [0, 0.05) is 6.04 Å². The Kier molecular flexibility index (Phi) is 6.83. The van der Waals surface area contributed by atoms with Crippen LogP contribution in [0.15, 0.2) is 0 Å². The topological polar surface area (TPSA) is 3.24 Å². The van der Waals surface area contributed by atoms with Crippen molar-refractivity contribution in [1.82, 2.24) is 4.90 Å². The smallest absolute Gasteiger partial charge is 0.00924 e. The van der Waals surface area contributed by atoms with Crippen LogP contribution in [-0.4, -0.2) is 30.3 Å². The maximum Gasteiger partial charge on any atom is 0.00924 e. The van der Waals surface area contributed by atoms with Crippen molar-refractivity contribution in [3.8, 4) is 0 Å². The fourth-order valence-corrected chi connectivity index (χ4v) is 3.10. The summed E-state index contributed by atoms with van der Waals surface area (Å²) in [5.74, 6) is 2.83. The third kappa shape index (κ3) is 5.09. The largest absolute Gasteiger partial charge is 0.303 e. The summed E-state index contributed by atoms with van der Waals surface area (Å²) in [6, 6.07) is 0.861. The van der Waals surface area contributed by atoms with Gasteiger partial charge in [-0.1, -0.05) is 13.8 Å². The van der Waals surface area contributed by atoms with E-state index in [0.29, 0.717) is 0 Å². The van der Waals surface area contributed by atoms with Crippen LogP contribution >= 0.6 is 12.6 Å². The molecule has 2 heteroatoms. The first-order valence-electron chi connectivity index (χ1n) is 6.94. The summed E-state index contributed by atoms with van der Waals surface area (Å²) in [4.78, 5) is 2.60. The molecule has 96 valence electrons. The summed E-state index contributed by atoms with van der Waals surface area (Å²) in [5, 5.41) is 0. The zero-order valence-electron chi connectivity index (χ0n) is 11.3. The molecule has 0 radical (unpaired) electrons. The molecule has 1 nitrogen and oxygen atoms in total. The van der Waals surface area contributed by atoms with Gasteiger partial charge < -0.3 is 4.90 Å². The fraction of sp³-hybridized carbons (Fsp3) is 1.00. The zero-order chi connectivity index (χ0) is 12.0. The molecule has 0 saturated heterocycles. The third-order valence-corrected chi connectivity index (χ3v) is 4.46. The first kappa shape index (κ1) is 14.4. The summed E-state index contributed by atoms with van der Waals surface area (Å²) >= 11 is 4.30. The second-order valence-electron chi connectivity index (χ2n) is 5.80. The molecular weight excluding hydrogens is 214 g/mol. The number of nitrogens with zero attached hydrogens (tertiary/aromatic N) is 1. The van der Waals surface area contributed by atoms with Gasteiger partial charge in [0.2, 0.25) is 0 Å². The second kappa shape index (κ2) is 7.60. The van der Waals surface area contributed by atoms with Crippen LogP contribution in [0.4, 0.5) is 0 Å². The van der Waals surface area contributed by atoms with Crippen LogP contribution in [0.3, 0.4) is 0 Å². The van der Waals surface area contributed by atoms with E-state index in [-0.39, 0.29) is 0 Å². The number of thiol groups is 1. The highest BCUT2D eigenvalue weighted by Gasteiger charge is 2.21. The Morgan fingerprint density at radius 2 is 1.81 bits per heavy atom. The van der Waals surface area contributed by atoms with E-state index >= 15 is 0 Å². The molecule has 0 spiro atoms. The molecule has 1 rings (SSSR count). The minimum Gasteiger partial charge on any atom is -0.303 e. The number of hydrogen-bond donors (Lipinski definition) is 1. The normalized spacial score (nSPS) is 28.3. The second-order valence-corrected chi connectivity index (χ2v) is 6.25. The molecule has 0 heterocycles. The van der Waals surface area contributed by atoms with Crippen molar-refractivity contribution in [2.24, 2.45) is 11.8 Å². The molecule has 0 amide bonds. The van der Waals surface area contributed by atoms with Gasteiger partial charge in [0.15, 0.2) is 0 Å². The van der Waals surface area contributed by atoms with Crippen LogP contribution in [0.25, 0.3) is 0 Å². The molecule has 0 aliphatic heterocycles. The third-order valence-electron chi connectivity index (χ3n) is 4.21. The molecule has 0 bridgehead atoms. The first-order chi connectivity index (χ1) is 7.63. The Morgan fingerprint density at radius 1 is 1.19 bits per heavy atom. The van der Waals surface area contributed by atoms with Gasteiger partial charge in [0.1, 0.15) is 0 Å². The lowest BCUT2D eigenvalue weighted by Crippen LogP contribution is -2.36. The molecule has 1 unspecified atom stereocenters. The van der Waals surface area contributed by atoms with Crippen molar-refractivity contribution >= 4 is 12.6 Å². The van der Waals surface area contributed by atoms with Crippen LogP contribution < -0.4 is 0 Å². The van der Waals surface area contributed by atoms with Crippen LogP contribution in [0, 0.1) is 11.8 Å². The summed E-state index contributed by atoms with van der Waals surface area (Å²) < 4.78 is 0. The molecule has 1 atom stereocenters. The molecule has 1 aliphatic carbocycles. The summed E-state index contributed by atoms with van der Waals surface area (Å²) in [6.45, 7) is 6.02. The highest BCUT2D eigenvalue weighted by Crippen LogP contribution is 2.26. The zero-order valence-corrected chi connectivity index (χ0v) is 12.2. The van der Waals surface area contributed by atoms with Crippen molar-refractivity contribution in [2.75, 3.05) is 19.3 Å². The van der Waals surface area contributed by atoms with Crippen molar-refractivity contribution in [3.63, 3.8) is 0 Å². The maximum absolute atomic E-state index is 4.30. The predicted octanol–water partition coefficient (Wildman–Crippen LogP) is 3.84. The summed E-state index contributed by atoms with van der Waals surface area (Å²) in [5.41, 5.74) is 0. The lowest BCUT2D eigenvalue weighted by Gasteiger charge is -2.34. The number of rotatable bonds is 6. The minimum absolute atomic E-state index is 0.836. The van der Waals surface area contributed by atoms with Crippen molar-refractivity contribution in [1.29, 1.82) is 0 Å². The highest BCUT2D eigenvalue weighted by atomic mass is 32.1. The molecule has 1 aliphatic rings. The molecule has 1 saturated carbocycles. The van der Waals surface area contributed by atoms with Crippen LogP contribution in [0.2, 0.25) is 0 Å². The minimum atomic E-state index is 0.836. The predicted molar refractivity (Wildman–Crippen MR) is 76.3 cm³/mol. The van der Waals surface area contributed by atoms with E-state index in [1.54, 1.807) is 0 Å². The molecular formula is C14H29NS. The molecule has 0 aromatic carbocycles. The van der Waals surface area contributed by atoms with Gasteiger partial charge >= 0.3 is 0 Å². The molecule has 0 N–H and O–H groups in total. The van der Waals surface area contributed by atoms with Crippen molar-refractivity contribution < 1.29 is 0 Å². The van der Waals surface area contributed by atoms with Gasteiger partial charge in [-0.2, -0.15) is 12.6 Å². The number of hydrogen-bond acceptors (Lipinski definition) is 2. The molecule has 0 aromatic heterocycles. The average molecular weight is 243 g/mol. The Hall–Kier alpha value is 0.310. The van der Waals surface area contributed by atoms with Gasteiger partial charge in [-0.3, -0.25) is 0 Å². The maximum atomic E-state index is 4.30. The van der Waals surface area contributed by atoms with Crippen molar-refractivity contribution in [2.45, 2.75) is 58.4 Å². The van der Waals surface area contributed by atoms with Gasteiger partial charge in [0.05, 0.1) is 0 Å². The van der Waals surface area contributed by atoms with Crippen LogP contribution in [0.5, 0.6) is 0 Å². The monoisotopic (exact) mass is 243 g/mol. The lowest BCUT2D eigenvalue weighted by molar-refractivity contribution is 0.162. The molecule has 1 fully saturated rings. The molecule has 0 aromatic rings. The van der Waals surface area contributed by atoms with Gasteiger partial charge in [-0.25, -0.2) is 0 Å². The van der Waals surface area contributed by atoms with E-state index in [1.807, 2.05) is 0 Å². The van der Waals surface area contributed by atoms with Gasteiger partial charge in [-0.05, 0) is 69.7 Å². The summed E-state index contributed by atoms with van der Waals surface area (Å²) in [7, 11) is 2.31. The molecule has 16 heavy (non-hydrogen) atoms. The van der Waals surface area contributed by atoms with E-state index < -0.39 is 0 Å². The van der Waals surface area contributed by atoms with E-state index in [0.717, 1.165) is 23.6 Å². The lowest BCUT2D eigenvalue weighted by atomic mass is 9.86. The van der Waals surface area contributed by atoms with E-state index in [1.165, 1.54) is 45.1 Å². The Labute approximate surface area is 107 Å². The fourth-order valence-electron chi connectivity index (χ4n) is 2.65. The average Bonchev–Trinajstić information content (AvgIpc) is 2.27. The highest BCUT2D eigenvalue weighted by molar-refractivity contribution is 7.80. The Morgan fingerprint density at radius 3 is 2.38 bits per heavy atom. The van der Waals surface area contributed by atoms with Gasteiger partial charge in [-0.15, -0.1) is 0 Å². The standard InChI is InChI=1S/C14H29NS/c1-12-4-6-14(7-5-12)15(3)10-8-13(2)9-11-16/h12-14,16H,4-11H2,1-3H3. The summed E-state index contributed by atoms with van der Waals surface area (Å²) in [6.07, 6.45) is 8.29. The van der Waals surface area contributed by atoms with Crippen LogP contribution in [0.1, 0.15) is 52.4 Å². The first-order valence-corrected chi connectivity index (χ1v) is 7.57. The quantitative estimate of drug-likeness (QED) is 0.694. The van der Waals surface area contributed by atoms with Crippen LogP contribution in [-0.2, 0) is 0 Å². The Balaban J connectivity index is 2.16.